The zero-order chi connectivity index (χ0) is 19.6. The quantitative estimate of drug-likeness (QED) is 0.757. The summed E-state index contributed by atoms with van der Waals surface area (Å²) in [6.45, 7) is 4.47. The van der Waals surface area contributed by atoms with Crippen molar-refractivity contribution in [1.29, 1.82) is 0 Å². The van der Waals surface area contributed by atoms with Crippen LogP contribution >= 0.6 is 0 Å². The smallest absolute Gasteiger partial charge is 0.318 e. The average Bonchev–Trinajstić information content (AvgIpc) is 2.85. The number of carbonyl (C=O) groups is 2. The minimum absolute atomic E-state index is 0.0587. The molecule has 0 saturated heterocycles. The third-order valence-electron chi connectivity index (χ3n) is 5.65. The highest BCUT2D eigenvalue weighted by Gasteiger charge is 2.45. The molecule has 0 bridgehead atoms. The topological polar surface area (TPSA) is 88.1 Å². The molecule has 0 radical (unpaired) electrons. The van der Waals surface area contributed by atoms with Gasteiger partial charge >= 0.3 is 6.03 Å². The number of rotatable bonds is 5. The Bertz CT molecular complexity index is 850. The van der Waals surface area contributed by atoms with E-state index >= 15 is 0 Å². The van der Waals surface area contributed by atoms with Crippen LogP contribution in [0.1, 0.15) is 41.8 Å². The van der Waals surface area contributed by atoms with Crippen molar-refractivity contribution in [3.05, 3.63) is 46.8 Å². The SMILES string of the molecule is CNC(=O)Nc1ccc(C2(C(=O)NCc3c(C)nn(C)c3C)CCC2)cc1. The maximum atomic E-state index is 13.0. The van der Waals surface area contributed by atoms with Gasteiger partial charge in [-0.05, 0) is 44.4 Å². The first-order chi connectivity index (χ1) is 12.9. The van der Waals surface area contributed by atoms with Crippen molar-refractivity contribution in [2.24, 2.45) is 7.05 Å². The summed E-state index contributed by atoms with van der Waals surface area (Å²) in [5, 5.41) is 12.8. The molecule has 144 valence electrons. The highest BCUT2D eigenvalue weighted by Crippen LogP contribution is 2.44. The Morgan fingerprint density at radius 3 is 2.33 bits per heavy atom. The van der Waals surface area contributed by atoms with E-state index in [0.29, 0.717) is 12.2 Å². The number of hydrogen-bond donors (Lipinski definition) is 3. The van der Waals surface area contributed by atoms with E-state index in [9.17, 15) is 9.59 Å². The van der Waals surface area contributed by atoms with E-state index in [1.54, 1.807) is 7.05 Å². The number of aryl methyl sites for hydroxylation is 2. The van der Waals surface area contributed by atoms with Crippen molar-refractivity contribution >= 4 is 17.6 Å². The number of urea groups is 1. The molecule has 3 N–H and O–H groups in total. The maximum Gasteiger partial charge on any atom is 0.318 e. The number of nitrogens with zero attached hydrogens (tertiary/aromatic N) is 2. The summed E-state index contributed by atoms with van der Waals surface area (Å²) in [4.78, 5) is 24.5. The van der Waals surface area contributed by atoms with Gasteiger partial charge in [-0.2, -0.15) is 5.10 Å². The summed E-state index contributed by atoms with van der Waals surface area (Å²) < 4.78 is 1.84. The highest BCUT2D eigenvalue weighted by molar-refractivity contribution is 5.91. The zero-order valence-corrected chi connectivity index (χ0v) is 16.3. The number of amides is 3. The monoisotopic (exact) mass is 369 g/mol. The number of benzene rings is 1. The normalized spacial score (nSPS) is 15.0. The van der Waals surface area contributed by atoms with Crippen molar-refractivity contribution in [2.45, 2.75) is 45.1 Å². The Labute approximate surface area is 159 Å². The lowest BCUT2D eigenvalue weighted by Gasteiger charge is -2.40. The van der Waals surface area contributed by atoms with E-state index in [-0.39, 0.29) is 11.9 Å². The molecule has 2 aromatic rings. The Balaban J connectivity index is 1.72. The summed E-state index contributed by atoms with van der Waals surface area (Å²) in [6.07, 6.45) is 2.72. The highest BCUT2D eigenvalue weighted by atomic mass is 16.2. The average molecular weight is 369 g/mol. The Morgan fingerprint density at radius 1 is 1.19 bits per heavy atom. The molecule has 3 amide bonds. The maximum absolute atomic E-state index is 13.0. The van der Waals surface area contributed by atoms with Gasteiger partial charge in [-0.3, -0.25) is 9.48 Å². The second-order valence-electron chi connectivity index (χ2n) is 7.17. The molecule has 7 nitrogen and oxygen atoms in total. The lowest BCUT2D eigenvalue weighted by Crippen LogP contribution is -2.49. The lowest BCUT2D eigenvalue weighted by atomic mass is 9.63. The standard InChI is InChI=1S/C20H27N5O2/c1-13-17(14(2)25(4)24-13)12-22-18(26)20(10-5-11-20)15-6-8-16(9-7-15)23-19(27)21-3/h6-9H,5,10-12H2,1-4H3,(H,22,26)(H2,21,23,27). The summed E-state index contributed by atoms with van der Waals surface area (Å²) in [6, 6.07) is 7.29. The van der Waals surface area contributed by atoms with Gasteiger partial charge in [-0.1, -0.05) is 18.6 Å². The van der Waals surface area contributed by atoms with Crippen LogP contribution in [0.2, 0.25) is 0 Å². The molecule has 0 atom stereocenters. The van der Waals surface area contributed by atoms with Crippen molar-refractivity contribution in [3.8, 4) is 0 Å². The number of anilines is 1. The molecule has 3 rings (SSSR count). The molecular weight excluding hydrogens is 342 g/mol. The van der Waals surface area contributed by atoms with Crippen LogP contribution < -0.4 is 16.0 Å². The van der Waals surface area contributed by atoms with E-state index in [2.05, 4.69) is 21.0 Å². The van der Waals surface area contributed by atoms with Crippen LogP contribution in [0.5, 0.6) is 0 Å². The molecular formula is C20H27N5O2. The largest absolute Gasteiger partial charge is 0.351 e. The third-order valence-corrected chi connectivity index (χ3v) is 5.65. The minimum atomic E-state index is -0.477. The van der Waals surface area contributed by atoms with Gasteiger partial charge in [-0.15, -0.1) is 0 Å². The molecule has 0 aliphatic heterocycles. The van der Waals surface area contributed by atoms with Crippen LogP contribution in [-0.2, 0) is 23.8 Å². The Hall–Kier alpha value is -2.83. The van der Waals surface area contributed by atoms with Crippen LogP contribution in [0.15, 0.2) is 24.3 Å². The molecule has 1 aromatic heterocycles. The summed E-state index contributed by atoms with van der Waals surface area (Å²) >= 11 is 0. The molecule has 27 heavy (non-hydrogen) atoms. The molecule has 1 aliphatic rings. The van der Waals surface area contributed by atoms with Gasteiger partial charge in [0, 0.05) is 37.6 Å². The van der Waals surface area contributed by atoms with E-state index in [1.165, 1.54) is 0 Å². The first-order valence-corrected chi connectivity index (χ1v) is 9.24. The number of aromatic nitrogens is 2. The van der Waals surface area contributed by atoms with Crippen molar-refractivity contribution in [3.63, 3.8) is 0 Å². The van der Waals surface area contributed by atoms with Gasteiger partial charge in [0.25, 0.3) is 0 Å². The number of carbonyl (C=O) groups excluding carboxylic acids is 2. The van der Waals surface area contributed by atoms with Gasteiger partial charge in [0.05, 0.1) is 11.1 Å². The van der Waals surface area contributed by atoms with Crippen LogP contribution in [0.3, 0.4) is 0 Å². The predicted octanol–water partition coefficient (Wildman–Crippen LogP) is 2.53. The summed E-state index contributed by atoms with van der Waals surface area (Å²) in [7, 11) is 3.48. The molecule has 1 aliphatic carbocycles. The lowest BCUT2D eigenvalue weighted by molar-refractivity contribution is -0.130. The van der Waals surface area contributed by atoms with Crippen LogP contribution in [-0.4, -0.2) is 28.8 Å². The fourth-order valence-electron chi connectivity index (χ4n) is 3.65. The van der Waals surface area contributed by atoms with Gasteiger partial charge in [0.15, 0.2) is 0 Å². The molecule has 1 fully saturated rings. The van der Waals surface area contributed by atoms with Crippen LogP contribution in [0.4, 0.5) is 10.5 Å². The van der Waals surface area contributed by atoms with E-state index in [4.69, 9.17) is 0 Å². The number of nitrogens with one attached hydrogen (secondary N) is 3. The van der Waals surface area contributed by atoms with Gasteiger partial charge in [0.1, 0.15) is 0 Å². The second kappa shape index (κ2) is 7.42. The fourth-order valence-corrected chi connectivity index (χ4v) is 3.65. The summed E-state index contributed by atoms with van der Waals surface area (Å²) in [5.41, 5.74) is 4.31. The second-order valence-corrected chi connectivity index (χ2v) is 7.17. The third kappa shape index (κ3) is 3.54. The molecule has 1 heterocycles. The first kappa shape index (κ1) is 18.9. The molecule has 7 heteroatoms. The van der Waals surface area contributed by atoms with E-state index in [0.717, 1.165) is 41.8 Å². The van der Waals surface area contributed by atoms with Crippen molar-refractivity contribution in [1.82, 2.24) is 20.4 Å². The first-order valence-electron chi connectivity index (χ1n) is 9.24. The van der Waals surface area contributed by atoms with Crippen molar-refractivity contribution < 1.29 is 9.59 Å². The van der Waals surface area contributed by atoms with Gasteiger partial charge < -0.3 is 16.0 Å². The fraction of sp³-hybridized carbons (Fsp3) is 0.450. The Morgan fingerprint density at radius 2 is 1.85 bits per heavy atom. The molecule has 0 spiro atoms. The zero-order valence-electron chi connectivity index (χ0n) is 16.3. The van der Waals surface area contributed by atoms with E-state index < -0.39 is 5.41 Å². The van der Waals surface area contributed by atoms with Crippen molar-refractivity contribution in [2.75, 3.05) is 12.4 Å². The van der Waals surface area contributed by atoms with E-state index in [1.807, 2.05) is 49.8 Å². The summed E-state index contributed by atoms with van der Waals surface area (Å²) in [5.74, 6) is 0.0587. The molecule has 0 unspecified atom stereocenters. The number of hydrogen-bond acceptors (Lipinski definition) is 3. The van der Waals surface area contributed by atoms with Crippen LogP contribution in [0, 0.1) is 13.8 Å². The molecule has 1 saturated carbocycles. The minimum Gasteiger partial charge on any atom is -0.351 e. The molecule has 1 aromatic carbocycles. The Kier molecular flexibility index (Phi) is 5.21. The predicted molar refractivity (Wildman–Crippen MR) is 105 cm³/mol. The van der Waals surface area contributed by atoms with Gasteiger partial charge in [0.2, 0.25) is 5.91 Å². The van der Waals surface area contributed by atoms with Gasteiger partial charge in [-0.25, -0.2) is 4.79 Å². The van der Waals surface area contributed by atoms with Crippen LogP contribution in [0.25, 0.3) is 0 Å².